The Morgan fingerprint density at radius 1 is 0.853 bits per heavy atom. The number of nitrogens with one attached hydrogen (secondary N) is 2. The first-order valence-corrected chi connectivity index (χ1v) is 13.2. The highest BCUT2D eigenvalue weighted by Crippen LogP contribution is 2.21. The summed E-state index contributed by atoms with van der Waals surface area (Å²) in [6.07, 6.45) is 5.84. The van der Waals surface area contributed by atoms with E-state index in [1.807, 2.05) is 18.2 Å². The van der Waals surface area contributed by atoms with Crippen LogP contribution in [0.25, 0.3) is 0 Å². The van der Waals surface area contributed by atoms with Gasteiger partial charge >= 0.3 is 0 Å². The molecular formula is C27H30N2O4S. The molecule has 0 heterocycles. The molecule has 1 amide bonds. The van der Waals surface area contributed by atoms with E-state index in [9.17, 15) is 13.2 Å². The first-order valence-electron chi connectivity index (χ1n) is 11.7. The van der Waals surface area contributed by atoms with E-state index in [4.69, 9.17) is 4.74 Å². The molecular weight excluding hydrogens is 448 g/mol. The van der Waals surface area contributed by atoms with Crippen molar-refractivity contribution in [3.63, 3.8) is 0 Å². The zero-order valence-electron chi connectivity index (χ0n) is 19.1. The number of rotatable bonds is 9. The van der Waals surface area contributed by atoms with E-state index in [2.05, 4.69) is 22.2 Å². The van der Waals surface area contributed by atoms with Crippen molar-refractivity contribution >= 4 is 21.6 Å². The van der Waals surface area contributed by atoms with Gasteiger partial charge in [0.25, 0.3) is 5.91 Å². The highest BCUT2D eigenvalue weighted by Gasteiger charge is 2.21. The minimum absolute atomic E-state index is 0.00317. The molecule has 7 heteroatoms. The molecule has 1 aliphatic carbocycles. The summed E-state index contributed by atoms with van der Waals surface area (Å²) in [4.78, 5) is 12.8. The lowest BCUT2D eigenvalue weighted by Gasteiger charge is -2.22. The average Bonchev–Trinajstić information content (AvgIpc) is 2.86. The van der Waals surface area contributed by atoms with Crippen LogP contribution in [0.1, 0.15) is 48.0 Å². The van der Waals surface area contributed by atoms with Crippen molar-refractivity contribution < 1.29 is 17.9 Å². The lowest BCUT2D eigenvalue weighted by molar-refractivity contribution is 0.102. The van der Waals surface area contributed by atoms with Gasteiger partial charge in [0.1, 0.15) is 5.75 Å². The molecule has 3 aromatic carbocycles. The second-order valence-electron chi connectivity index (χ2n) is 8.54. The number of ether oxygens (including phenoxy) is 1. The van der Waals surface area contributed by atoms with E-state index in [1.54, 1.807) is 36.4 Å². The van der Waals surface area contributed by atoms with E-state index >= 15 is 0 Å². The van der Waals surface area contributed by atoms with Gasteiger partial charge in [-0.15, -0.1) is 0 Å². The van der Waals surface area contributed by atoms with E-state index in [-0.39, 0.29) is 16.8 Å². The Balaban J connectivity index is 1.29. The fraction of sp³-hybridized carbons (Fsp3) is 0.296. The molecule has 0 saturated heterocycles. The fourth-order valence-corrected chi connectivity index (χ4v) is 5.37. The van der Waals surface area contributed by atoms with Crippen molar-refractivity contribution in [1.82, 2.24) is 4.72 Å². The Labute approximate surface area is 201 Å². The predicted molar refractivity (Wildman–Crippen MR) is 134 cm³/mol. The molecule has 2 N–H and O–H groups in total. The number of carbonyl (C=O) groups is 1. The van der Waals surface area contributed by atoms with Crippen molar-refractivity contribution in [2.45, 2.75) is 49.5 Å². The molecule has 0 radical (unpaired) electrons. The molecule has 1 saturated carbocycles. The fourth-order valence-electron chi connectivity index (χ4n) is 4.06. The molecule has 1 fully saturated rings. The molecule has 1 aliphatic rings. The van der Waals surface area contributed by atoms with Crippen molar-refractivity contribution in [2.75, 3.05) is 11.9 Å². The van der Waals surface area contributed by atoms with Crippen LogP contribution in [0.5, 0.6) is 5.75 Å². The van der Waals surface area contributed by atoms with Crippen molar-refractivity contribution in [1.29, 1.82) is 0 Å². The average molecular weight is 479 g/mol. The number of amides is 1. The maximum absolute atomic E-state index is 12.6. The highest BCUT2D eigenvalue weighted by molar-refractivity contribution is 7.89. The summed E-state index contributed by atoms with van der Waals surface area (Å²) in [5.74, 6) is 0.430. The predicted octanol–water partition coefficient (Wildman–Crippen LogP) is 5.17. The zero-order chi connectivity index (χ0) is 23.8. The Kier molecular flexibility index (Phi) is 7.98. The summed E-state index contributed by atoms with van der Waals surface area (Å²) in [5.41, 5.74) is 2.23. The van der Waals surface area contributed by atoms with Crippen LogP contribution >= 0.6 is 0 Å². The minimum atomic E-state index is -3.56. The molecule has 0 aliphatic heterocycles. The molecule has 3 aromatic rings. The number of hydrogen-bond acceptors (Lipinski definition) is 4. The third-order valence-electron chi connectivity index (χ3n) is 5.97. The van der Waals surface area contributed by atoms with Gasteiger partial charge in [0.2, 0.25) is 10.0 Å². The van der Waals surface area contributed by atoms with Gasteiger partial charge in [-0.2, -0.15) is 0 Å². The normalized spacial score (nSPS) is 14.5. The van der Waals surface area contributed by atoms with Gasteiger partial charge < -0.3 is 10.1 Å². The minimum Gasteiger partial charge on any atom is -0.493 e. The molecule has 6 nitrogen and oxygen atoms in total. The highest BCUT2D eigenvalue weighted by atomic mass is 32.2. The van der Waals surface area contributed by atoms with Crippen LogP contribution in [0.3, 0.4) is 0 Å². The molecule has 178 valence electrons. The van der Waals surface area contributed by atoms with Gasteiger partial charge in [-0.05, 0) is 66.9 Å². The maximum Gasteiger partial charge on any atom is 0.255 e. The summed E-state index contributed by atoms with van der Waals surface area (Å²) in [7, 11) is -3.56. The van der Waals surface area contributed by atoms with Crippen molar-refractivity contribution in [3.05, 3.63) is 90.0 Å². The van der Waals surface area contributed by atoms with Crippen molar-refractivity contribution in [2.24, 2.45) is 0 Å². The molecule has 4 rings (SSSR count). The lowest BCUT2D eigenvalue weighted by atomic mass is 9.96. The summed E-state index contributed by atoms with van der Waals surface area (Å²) in [6.45, 7) is 0.556. The number of anilines is 1. The summed E-state index contributed by atoms with van der Waals surface area (Å²) < 4.78 is 33.8. The maximum atomic E-state index is 12.6. The molecule has 0 atom stereocenters. The Morgan fingerprint density at radius 3 is 2.21 bits per heavy atom. The second kappa shape index (κ2) is 11.3. The zero-order valence-corrected chi connectivity index (χ0v) is 19.9. The van der Waals surface area contributed by atoms with Gasteiger partial charge in [-0.1, -0.05) is 49.6 Å². The van der Waals surface area contributed by atoms with Gasteiger partial charge in [0.05, 0.1) is 11.5 Å². The summed E-state index contributed by atoms with van der Waals surface area (Å²) in [5, 5.41) is 2.81. The number of hydrogen-bond donors (Lipinski definition) is 2. The second-order valence-corrected chi connectivity index (χ2v) is 10.3. The van der Waals surface area contributed by atoms with E-state index in [1.165, 1.54) is 17.7 Å². The molecule has 0 spiro atoms. The summed E-state index contributed by atoms with van der Waals surface area (Å²) >= 11 is 0. The topological polar surface area (TPSA) is 84.5 Å². The Hall–Kier alpha value is -3.16. The van der Waals surface area contributed by atoms with E-state index < -0.39 is 10.0 Å². The smallest absolute Gasteiger partial charge is 0.255 e. The Morgan fingerprint density at radius 2 is 1.53 bits per heavy atom. The standard InChI is InChI=1S/C27H30N2O4S/c30-27(22-11-15-25(16-12-22)33-20-19-21-7-3-1-4-8-21)28-23-13-17-26(18-14-23)34(31,32)29-24-9-5-2-6-10-24/h1,3-4,7-8,11-18,24,29H,2,5-6,9-10,19-20H2,(H,28,30). The van der Waals surface area contributed by atoms with Crippen LogP contribution < -0.4 is 14.8 Å². The van der Waals surface area contributed by atoms with Crippen LogP contribution in [0.4, 0.5) is 5.69 Å². The monoisotopic (exact) mass is 478 g/mol. The first kappa shape index (κ1) is 24.0. The van der Waals surface area contributed by atoms with Gasteiger partial charge in [0, 0.05) is 23.7 Å². The quantitative estimate of drug-likeness (QED) is 0.444. The number of carbonyl (C=O) groups excluding carboxylic acids is 1. The van der Waals surface area contributed by atoms with E-state index in [0.717, 1.165) is 38.5 Å². The lowest BCUT2D eigenvalue weighted by Crippen LogP contribution is -2.36. The molecule has 0 aromatic heterocycles. The van der Waals surface area contributed by atoms with Crippen LogP contribution in [-0.2, 0) is 16.4 Å². The van der Waals surface area contributed by atoms with Gasteiger partial charge in [-0.3, -0.25) is 4.79 Å². The molecule has 0 unspecified atom stereocenters. The molecule has 34 heavy (non-hydrogen) atoms. The third kappa shape index (κ3) is 6.68. The Bertz CT molecular complexity index is 1170. The number of sulfonamides is 1. The van der Waals surface area contributed by atoms with E-state index in [0.29, 0.717) is 23.6 Å². The SMILES string of the molecule is O=C(Nc1ccc(S(=O)(=O)NC2CCCCC2)cc1)c1ccc(OCCc2ccccc2)cc1. The van der Waals surface area contributed by atoms with Crippen molar-refractivity contribution in [3.8, 4) is 5.75 Å². The van der Waals surface area contributed by atoms with Crippen LogP contribution in [0, 0.1) is 0 Å². The van der Waals surface area contributed by atoms with Gasteiger partial charge in [-0.25, -0.2) is 13.1 Å². The summed E-state index contributed by atoms with van der Waals surface area (Å²) in [6, 6.07) is 23.3. The van der Waals surface area contributed by atoms with Crippen LogP contribution in [0.15, 0.2) is 83.8 Å². The number of benzene rings is 3. The molecule has 0 bridgehead atoms. The van der Waals surface area contributed by atoms with Crippen LogP contribution in [-0.4, -0.2) is 27.0 Å². The third-order valence-corrected chi connectivity index (χ3v) is 7.50. The van der Waals surface area contributed by atoms with Crippen LogP contribution in [0.2, 0.25) is 0 Å². The largest absolute Gasteiger partial charge is 0.493 e. The first-order chi connectivity index (χ1) is 16.5. The van der Waals surface area contributed by atoms with Gasteiger partial charge in [0.15, 0.2) is 0 Å².